The zero-order valence-corrected chi connectivity index (χ0v) is 9.30. The summed E-state index contributed by atoms with van der Waals surface area (Å²) < 4.78 is 26.1. The first-order valence-corrected chi connectivity index (χ1v) is 5.28. The first kappa shape index (κ1) is 13.2. The van der Waals surface area contributed by atoms with Crippen LogP contribution >= 0.6 is 0 Å². The van der Waals surface area contributed by atoms with Crippen LogP contribution in [0.4, 0.5) is 8.78 Å². The predicted octanol–water partition coefficient (Wildman–Crippen LogP) is 2.04. The molecule has 1 rings (SSSR count). The fourth-order valence-electron chi connectivity index (χ4n) is 1.34. The van der Waals surface area contributed by atoms with Crippen molar-refractivity contribution < 1.29 is 13.6 Å². The van der Waals surface area contributed by atoms with Gasteiger partial charge < -0.3 is 5.32 Å². The van der Waals surface area contributed by atoms with Crippen LogP contribution in [0.15, 0.2) is 18.2 Å². The number of benzene rings is 1. The van der Waals surface area contributed by atoms with Gasteiger partial charge in [0.15, 0.2) is 11.6 Å². The zero-order valence-electron chi connectivity index (χ0n) is 9.30. The third-order valence-corrected chi connectivity index (χ3v) is 2.20. The molecule has 0 fully saturated rings. The van der Waals surface area contributed by atoms with E-state index in [2.05, 4.69) is 11.2 Å². The molecule has 0 aliphatic heterocycles. The van der Waals surface area contributed by atoms with Crippen LogP contribution in [0.3, 0.4) is 0 Å². The molecule has 1 amide bonds. The van der Waals surface area contributed by atoms with Crippen molar-refractivity contribution in [2.75, 3.05) is 6.54 Å². The minimum atomic E-state index is -0.966. The Balaban J connectivity index is 2.46. The third-order valence-electron chi connectivity index (χ3n) is 2.20. The summed E-state index contributed by atoms with van der Waals surface area (Å²) in [5.41, 5.74) is 0.0550. The molecule has 1 aromatic rings. The molecule has 0 aliphatic carbocycles. The van der Waals surface area contributed by atoms with E-state index in [1.165, 1.54) is 12.1 Å². The number of hydrogen-bond acceptors (Lipinski definition) is 1. The van der Waals surface area contributed by atoms with Gasteiger partial charge in [-0.15, -0.1) is 12.3 Å². The van der Waals surface area contributed by atoms with Crippen molar-refractivity contribution >= 4 is 5.91 Å². The molecule has 4 heteroatoms. The van der Waals surface area contributed by atoms with Gasteiger partial charge in [-0.05, 0) is 12.5 Å². The Morgan fingerprint density at radius 1 is 1.41 bits per heavy atom. The number of halogens is 2. The van der Waals surface area contributed by atoms with Gasteiger partial charge in [-0.3, -0.25) is 4.79 Å². The van der Waals surface area contributed by atoms with Crippen molar-refractivity contribution in [1.29, 1.82) is 0 Å². The first-order valence-electron chi connectivity index (χ1n) is 5.28. The molecule has 1 N–H and O–H groups in total. The van der Waals surface area contributed by atoms with Gasteiger partial charge in [0.2, 0.25) is 5.91 Å². The zero-order chi connectivity index (χ0) is 12.7. The van der Waals surface area contributed by atoms with Crippen molar-refractivity contribution in [1.82, 2.24) is 5.32 Å². The maximum Gasteiger partial charge on any atom is 0.224 e. The second kappa shape index (κ2) is 6.64. The molecule has 2 nitrogen and oxygen atoms in total. The van der Waals surface area contributed by atoms with Crippen molar-refractivity contribution in [3.8, 4) is 12.3 Å². The molecule has 90 valence electrons. The molecular weight excluding hydrogens is 224 g/mol. The molecule has 0 spiro atoms. The Hall–Kier alpha value is -1.89. The van der Waals surface area contributed by atoms with Crippen molar-refractivity contribution in [3.63, 3.8) is 0 Å². The Morgan fingerprint density at radius 3 is 2.88 bits per heavy atom. The maximum absolute atomic E-state index is 13.2. The lowest BCUT2D eigenvalue weighted by Gasteiger charge is -2.05. The molecule has 0 aromatic heterocycles. The lowest BCUT2D eigenvalue weighted by molar-refractivity contribution is -0.120. The number of hydrogen-bond donors (Lipinski definition) is 1. The summed E-state index contributed by atoms with van der Waals surface area (Å²) >= 11 is 0. The fourth-order valence-corrected chi connectivity index (χ4v) is 1.34. The molecule has 1 aromatic carbocycles. The number of carbonyl (C=O) groups is 1. The fraction of sp³-hybridized carbons (Fsp3) is 0.308. The molecule has 0 unspecified atom stereocenters. The highest BCUT2D eigenvalue weighted by Crippen LogP contribution is 2.11. The van der Waals surface area contributed by atoms with E-state index in [-0.39, 0.29) is 17.9 Å². The van der Waals surface area contributed by atoms with Gasteiger partial charge in [-0.1, -0.05) is 12.1 Å². The Bertz CT molecular complexity index is 438. The predicted molar refractivity (Wildman–Crippen MR) is 61.1 cm³/mol. The van der Waals surface area contributed by atoms with Crippen molar-refractivity contribution in [2.24, 2.45) is 0 Å². The van der Waals surface area contributed by atoms with Gasteiger partial charge in [-0.25, -0.2) is 8.78 Å². The summed E-state index contributed by atoms with van der Waals surface area (Å²) in [6.07, 6.45) is 6.14. The minimum Gasteiger partial charge on any atom is -0.356 e. The summed E-state index contributed by atoms with van der Waals surface area (Å²) in [6.45, 7) is 0.444. The van der Waals surface area contributed by atoms with E-state index in [4.69, 9.17) is 6.42 Å². The smallest absolute Gasteiger partial charge is 0.224 e. The van der Waals surface area contributed by atoms with Gasteiger partial charge in [0.1, 0.15) is 0 Å². The molecule has 17 heavy (non-hydrogen) atoms. The number of unbranched alkanes of at least 4 members (excludes halogenated alkanes) is 1. The van der Waals surface area contributed by atoms with Crippen LogP contribution in [0.5, 0.6) is 0 Å². The SMILES string of the molecule is C#CCCCNC(=O)Cc1cccc(F)c1F. The molecule has 0 saturated heterocycles. The highest BCUT2D eigenvalue weighted by Gasteiger charge is 2.10. The van der Waals surface area contributed by atoms with Crippen LogP contribution in [-0.2, 0) is 11.2 Å². The summed E-state index contributed by atoms with van der Waals surface area (Å²) in [5, 5.41) is 2.59. The summed E-state index contributed by atoms with van der Waals surface area (Å²) in [5.74, 6) is 0.197. The van der Waals surface area contributed by atoms with Gasteiger partial charge in [0.25, 0.3) is 0 Å². The van der Waals surface area contributed by atoms with Crippen molar-refractivity contribution in [3.05, 3.63) is 35.4 Å². The number of terminal acetylenes is 1. The number of carbonyl (C=O) groups excluding carboxylic acids is 1. The summed E-state index contributed by atoms with van der Waals surface area (Å²) in [7, 11) is 0. The van der Waals surface area contributed by atoms with Crippen LogP contribution in [-0.4, -0.2) is 12.5 Å². The van der Waals surface area contributed by atoms with Gasteiger partial charge >= 0.3 is 0 Å². The monoisotopic (exact) mass is 237 g/mol. The molecule has 0 bridgehead atoms. The summed E-state index contributed by atoms with van der Waals surface area (Å²) in [6, 6.07) is 3.78. The quantitative estimate of drug-likeness (QED) is 0.616. The largest absolute Gasteiger partial charge is 0.356 e. The minimum absolute atomic E-state index is 0.0550. The third kappa shape index (κ3) is 4.23. The van der Waals surface area contributed by atoms with Gasteiger partial charge in [0.05, 0.1) is 6.42 Å². The Labute approximate surface area is 99.0 Å². The lowest BCUT2D eigenvalue weighted by Crippen LogP contribution is -2.26. The van der Waals surface area contributed by atoms with Crippen LogP contribution in [0.25, 0.3) is 0 Å². The number of nitrogens with one attached hydrogen (secondary N) is 1. The van der Waals surface area contributed by atoms with E-state index in [9.17, 15) is 13.6 Å². The first-order chi connectivity index (χ1) is 8.15. The van der Waals surface area contributed by atoms with E-state index >= 15 is 0 Å². The number of amides is 1. The standard InChI is InChI=1S/C13H13F2NO/c1-2-3-4-8-16-12(17)9-10-6-5-7-11(14)13(10)15/h1,5-7H,3-4,8-9H2,(H,16,17). The van der Waals surface area contributed by atoms with Gasteiger partial charge in [-0.2, -0.15) is 0 Å². The van der Waals surface area contributed by atoms with Crippen LogP contribution in [0, 0.1) is 24.0 Å². The molecule has 0 saturated carbocycles. The van der Waals surface area contributed by atoms with E-state index in [0.717, 1.165) is 6.07 Å². The van der Waals surface area contributed by atoms with Gasteiger partial charge in [0, 0.05) is 18.5 Å². The highest BCUT2D eigenvalue weighted by molar-refractivity contribution is 5.78. The van der Waals surface area contributed by atoms with E-state index in [1.807, 2.05) is 0 Å². The summed E-state index contributed by atoms with van der Waals surface area (Å²) in [4.78, 5) is 11.4. The molecule has 0 atom stereocenters. The maximum atomic E-state index is 13.2. The topological polar surface area (TPSA) is 29.1 Å². The Kier molecular flexibility index (Phi) is 5.15. The average molecular weight is 237 g/mol. The van der Waals surface area contributed by atoms with Crippen LogP contribution in [0.2, 0.25) is 0 Å². The van der Waals surface area contributed by atoms with E-state index in [1.54, 1.807) is 0 Å². The van der Waals surface area contributed by atoms with Crippen molar-refractivity contribution in [2.45, 2.75) is 19.3 Å². The van der Waals surface area contributed by atoms with Crippen LogP contribution in [0.1, 0.15) is 18.4 Å². The lowest BCUT2D eigenvalue weighted by atomic mass is 10.1. The second-order valence-electron chi connectivity index (χ2n) is 3.55. The second-order valence-corrected chi connectivity index (χ2v) is 3.55. The molecule has 0 aliphatic rings. The van der Waals surface area contributed by atoms with Crippen LogP contribution < -0.4 is 5.32 Å². The number of rotatable bonds is 5. The molecule has 0 radical (unpaired) electrons. The highest BCUT2D eigenvalue weighted by atomic mass is 19.2. The normalized spacial score (nSPS) is 9.71. The Morgan fingerprint density at radius 2 is 2.18 bits per heavy atom. The van der Waals surface area contributed by atoms with E-state index < -0.39 is 11.6 Å². The molecule has 0 heterocycles. The van der Waals surface area contributed by atoms with E-state index in [0.29, 0.717) is 19.4 Å². The molecular formula is C13H13F2NO. The average Bonchev–Trinajstić information content (AvgIpc) is 2.31.